The van der Waals surface area contributed by atoms with Gasteiger partial charge in [-0.05, 0) is 57.8 Å². The van der Waals surface area contributed by atoms with Crippen LogP contribution in [0.1, 0.15) is 45.1 Å². The van der Waals surface area contributed by atoms with E-state index in [1.807, 2.05) is 6.20 Å². The number of nitrogens with zero attached hydrogens (tertiary/aromatic N) is 2. The Labute approximate surface area is 132 Å². The smallest absolute Gasteiger partial charge is 0.123 e. The Bertz CT molecular complexity index is 610. The molecule has 0 atom stereocenters. The largest absolute Gasteiger partial charge is 0.490 e. The second-order valence-corrected chi connectivity index (χ2v) is 6.29. The molecule has 1 aromatic heterocycles. The molecule has 1 aromatic carbocycles. The number of nitrogens with one attached hydrogen (secondary N) is 1. The summed E-state index contributed by atoms with van der Waals surface area (Å²) in [7, 11) is 0. The summed E-state index contributed by atoms with van der Waals surface area (Å²) in [6.07, 6.45) is 7.05. The zero-order valence-corrected chi connectivity index (χ0v) is 13.9. The number of hydrogen-bond acceptors (Lipinski definition) is 3. The summed E-state index contributed by atoms with van der Waals surface area (Å²) in [5, 5.41) is 8.28. The average Bonchev–Trinajstić information content (AvgIpc) is 3.02. The van der Waals surface area contributed by atoms with Gasteiger partial charge < -0.3 is 9.64 Å². The first kappa shape index (κ1) is 15.3. The van der Waals surface area contributed by atoms with Crippen LogP contribution in [-0.4, -0.2) is 40.3 Å². The number of aryl methyl sites for hydroxylation is 1. The molecule has 0 saturated heterocycles. The van der Waals surface area contributed by atoms with Gasteiger partial charge in [-0.1, -0.05) is 13.8 Å². The highest BCUT2D eigenvalue weighted by atomic mass is 16.5. The van der Waals surface area contributed by atoms with Crippen LogP contribution in [0.5, 0.6) is 5.75 Å². The lowest BCUT2D eigenvalue weighted by Crippen LogP contribution is -2.39. The van der Waals surface area contributed by atoms with Gasteiger partial charge in [0.25, 0.3) is 0 Å². The van der Waals surface area contributed by atoms with Crippen LogP contribution in [0.2, 0.25) is 0 Å². The molecule has 2 aromatic rings. The standard InChI is InChI=1S/C18H27N3O/c1-4-21(5-2)14-6-8-15(9-7-14)22-18-11-10-17-16(13(18)3)12-19-20-17/h10-12,14-15H,4-9H2,1-3H3,(H,19,20)/t14-,15-. The van der Waals surface area contributed by atoms with Crippen LogP contribution in [0.3, 0.4) is 0 Å². The minimum atomic E-state index is 0.356. The molecule has 0 spiro atoms. The van der Waals surface area contributed by atoms with Crippen LogP contribution >= 0.6 is 0 Å². The van der Waals surface area contributed by atoms with E-state index in [1.165, 1.54) is 18.4 Å². The van der Waals surface area contributed by atoms with Crippen molar-refractivity contribution in [3.63, 3.8) is 0 Å². The molecule has 1 fully saturated rings. The molecule has 0 bridgehead atoms. The SMILES string of the molecule is CCN(CC)[C@H]1CC[C@H](Oc2ccc3[nH]ncc3c2C)CC1. The predicted molar refractivity (Wildman–Crippen MR) is 90.4 cm³/mol. The molecule has 1 aliphatic rings. The van der Waals surface area contributed by atoms with Crippen LogP contribution in [0.25, 0.3) is 10.9 Å². The van der Waals surface area contributed by atoms with Crippen molar-refractivity contribution in [1.82, 2.24) is 15.1 Å². The summed E-state index contributed by atoms with van der Waals surface area (Å²) >= 11 is 0. The highest BCUT2D eigenvalue weighted by molar-refractivity contribution is 5.83. The highest BCUT2D eigenvalue weighted by Gasteiger charge is 2.25. The third-order valence-corrected chi connectivity index (χ3v) is 5.11. The van der Waals surface area contributed by atoms with Crippen molar-refractivity contribution in [3.8, 4) is 5.75 Å². The van der Waals surface area contributed by atoms with E-state index >= 15 is 0 Å². The first-order valence-corrected chi connectivity index (χ1v) is 8.56. The van der Waals surface area contributed by atoms with Gasteiger partial charge >= 0.3 is 0 Å². The number of aromatic amines is 1. The van der Waals surface area contributed by atoms with Crippen LogP contribution in [0.15, 0.2) is 18.3 Å². The van der Waals surface area contributed by atoms with Crippen molar-refractivity contribution >= 4 is 10.9 Å². The first-order valence-electron chi connectivity index (χ1n) is 8.56. The van der Waals surface area contributed by atoms with Gasteiger partial charge in [-0.2, -0.15) is 5.10 Å². The molecule has 0 amide bonds. The number of aromatic nitrogens is 2. The molecule has 1 N–H and O–H groups in total. The topological polar surface area (TPSA) is 41.1 Å². The van der Waals surface area contributed by atoms with E-state index in [4.69, 9.17) is 4.74 Å². The normalized spacial score (nSPS) is 22.4. The van der Waals surface area contributed by atoms with Crippen molar-refractivity contribution in [2.45, 2.75) is 58.6 Å². The molecule has 1 aliphatic carbocycles. The van der Waals surface area contributed by atoms with E-state index in [-0.39, 0.29) is 0 Å². The number of fused-ring (bicyclic) bond motifs is 1. The Morgan fingerprint density at radius 2 is 1.91 bits per heavy atom. The fourth-order valence-corrected chi connectivity index (χ4v) is 3.71. The fraction of sp³-hybridized carbons (Fsp3) is 0.611. The van der Waals surface area contributed by atoms with Crippen molar-refractivity contribution in [2.75, 3.05) is 13.1 Å². The van der Waals surface area contributed by atoms with E-state index in [1.54, 1.807) is 0 Å². The predicted octanol–water partition coefficient (Wildman–Crippen LogP) is 3.90. The number of H-pyrrole nitrogens is 1. The molecule has 3 rings (SSSR count). The lowest BCUT2D eigenvalue weighted by Gasteiger charge is -2.36. The minimum Gasteiger partial charge on any atom is -0.490 e. The molecule has 0 unspecified atom stereocenters. The summed E-state index contributed by atoms with van der Waals surface area (Å²) < 4.78 is 6.30. The number of ether oxygens (including phenoxy) is 1. The van der Waals surface area contributed by atoms with Gasteiger partial charge in [-0.3, -0.25) is 5.10 Å². The Morgan fingerprint density at radius 3 is 2.59 bits per heavy atom. The van der Waals surface area contributed by atoms with Crippen molar-refractivity contribution < 1.29 is 4.74 Å². The summed E-state index contributed by atoms with van der Waals surface area (Å²) in [5.41, 5.74) is 2.27. The maximum absolute atomic E-state index is 6.30. The van der Waals surface area contributed by atoms with Gasteiger partial charge in [0.05, 0.1) is 17.8 Å². The molecule has 4 nitrogen and oxygen atoms in total. The summed E-state index contributed by atoms with van der Waals surface area (Å²) in [6.45, 7) is 8.95. The van der Waals surface area contributed by atoms with E-state index in [9.17, 15) is 0 Å². The van der Waals surface area contributed by atoms with Gasteiger partial charge in [-0.15, -0.1) is 0 Å². The number of rotatable bonds is 5. The lowest BCUT2D eigenvalue weighted by molar-refractivity contribution is 0.0931. The van der Waals surface area contributed by atoms with Crippen LogP contribution < -0.4 is 4.74 Å². The Morgan fingerprint density at radius 1 is 1.18 bits per heavy atom. The monoisotopic (exact) mass is 301 g/mol. The molecule has 22 heavy (non-hydrogen) atoms. The van der Waals surface area contributed by atoms with E-state index in [2.05, 4.69) is 48.0 Å². The zero-order valence-electron chi connectivity index (χ0n) is 13.9. The zero-order chi connectivity index (χ0) is 15.5. The Balaban J connectivity index is 1.63. The molecule has 0 radical (unpaired) electrons. The average molecular weight is 301 g/mol. The first-order chi connectivity index (χ1) is 10.7. The molecule has 1 saturated carbocycles. The Kier molecular flexibility index (Phi) is 4.67. The van der Waals surface area contributed by atoms with Gasteiger partial charge in [0.2, 0.25) is 0 Å². The summed E-state index contributed by atoms with van der Waals surface area (Å²) in [4.78, 5) is 2.58. The third kappa shape index (κ3) is 2.98. The maximum atomic E-state index is 6.30. The molecular formula is C18H27N3O. The van der Waals surface area contributed by atoms with Crippen molar-refractivity contribution in [3.05, 3.63) is 23.9 Å². The summed E-state index contributed by atoms with van der Waals surface area (Å²) in [6, 6.07) is 4.88. The molecule has 0 aliphatic heterocycles. The third-order valence-electron chi connectivity index (χ3n) is 5.11. The number of benzene rings is 1. The van der Waals surface area contributed by atoms with Crippen molar-refractivity contribution in [1.29, 1.82) is 0 Å². The lowest BCUT2D eigenvalue weighted by atomic mass is 9.91. The van der Waals surface area contributed by atoms with E-state index in [0.717, 1.165) is 48.6 Å². The maximum Gasteiger partial charge on any atom is 0.123 e. The quantitative estimate of drug-likeness (QED) is 0.910. The van der Waals surface area contributed by atoms with Crippen molar-refractivity contribution in [2.24, 2.45) is 0 Å². The Hall–Kier alpha value is -1.55. The van der Waals surface area contributed by atoms with Crippen LogP contribution in [0, 0.1) is 6.92 Å². The van der Waals surface area contributed by atoms with Crippen LogP contribution in [0.4, 0.5) is 0 Å². The second-order valence-electron chi connectivity index (χ2n) is 6.29. The number of hydrogen-bond donors (Lipinski definition) is 1. The molecule has 1 heterocycles. The second kappa shape index (κ2) is 6.69. The van der Waals surface area contributed by atoms with Gasteiger partial charge in [0.1, 0.15) is 5.75 Å². The van der Waals surface area contributed by atoms with E-state index in [0.29, 0.717) is 6.10 Å². The molecule has 120 valence electrons. The molecular weight excluding hydrogens is 274 g/mol. The minimum absolute atomic E-state index is 0.356. The molecule has 4 heteroatoms. The van der Waals surface area contributed by atoms with Gasteiger partial charge in [0.15, 0.2) is 0 Å². The van der Waals surface area contributed by atoms with E-state index < -0.39 is 0 Å². The van der Waals surface area contributed by atoms with Crippen LogP contribution in [-0.2, 0) is 0 Å². The van der Waals surface area contributed by atoms with Gasteiger partial charge in [0, 0.05) is 17.0 Å². The summed E-state index contributed by atoms with van der Waals surface area (Å²) in [5.74, 6) is 1.01. The fourth-order valence-electron chi connectivity index (χ4n) is 3.71. The van der Waals surface area contributed by atoms with Gasteiger partial charge in [-0.25, -0.2) is 0 Å². The highest BCUT2D eigenvalue weighted by Crippen LogP contribution is 2.31.